The summed E-state index contributed by atoms with van der Waals surface area (Å²) in [5.41, 5.74) is 9.35. The molecule has 0 amide bonds. The van der Waals surface area contributed by atoms with E-state index in [1.54, 1.807) is 0 Å². The molecule has 2 heterocycles. The van der Waals surface area contributed by atoms with Crippen molar-refractivity contribution in [2.75, 3.05) is 0 Å². The molecule has 4 aromatic carbocycles. The van der Waals surface area contributed by atoms with Gasteiger partial charge in [0, 0.05) is 54.5 Å². The van der Waals surface area contributed by atoms with Gasteiger partial charge in [0.2, 0.25) is 0 Å². The average molecular weight is 596 g/mol. The van der Waals surface area contributed by atoms with Crippen molar-refractivity contribution in [1.29, 1.82) is 0 Å². The SMILES string of the molecule is Brc1ccc(C[C@@H]2c3c([nH]c4ccccc34)[C@@H](c3c[nH]c4ccccc34)[C@H]2c2ccc(Br)cc2)cc1. The second-order valence-electron chi connectivity index (χ2n) is 9.78. The molecule has 0 bridgehead atoms. The Morgan fingerprint density at radius 2 is 1.31 bits per heavy atom. The first kappa shape index (κ1) is 22.1. The molecular formula is C32H24Br2N2. The molecule has 4 heteroatoms. The summed E-state index contributed by atoms with van der Waals surface area (Å²) in [6, 6.07) is 35.3. The molecule has 0 saturated carbocycles. The number of H-pyrrole nitrogens is 2. The summed E-state index contributed by atoms with van der Waals surface area (Å²) < 4.78 is 2.23. The van der Waals surface area contributed by atoms with Crippen molar-refractivity contribution in [3.8, 4) is 0 Å². The molecule has 0 fully saturated rings. The normalized spacial score (nSPS) is 19.2. The molecule has 6 aromatic rings. The van der Waals surface area contributed by atoms with Gasteiger partial charge in [-0.15, -0.1) is 0 Å². The van der Waals surface area contributed by atoms with E-state index in [1.807, 2.05) is 0 Å². The van der Waals surface area contributed by atoms with E-state index in [9.17, 15) is 0 Å². The van der Waals surface area contributed by atoms with Crippen LogP contribution in [0.2, 0.25) is 0 Å². The van der Waals surface area contributed by atoms with Crippen molar-refractivity contribution in [2.45, 2.75) is 24.2 Å². The largest absolute Gasteiger partial charge is 0.361 e. The van der Waals surface area contributed by atoms with Crippen molar-refractivity contribution in [3.05, 3.63) is 140 Å². The molecule has 0 aliphatic heterocycles. The Bertz CT molecular complexity index is 1690. The molecular weight excluding hydrogens is 572 g/mol. The van der Waals surface area contributed by atoms with E-state index < -0.39 is 0 Å². The zero-order valence-corrected chi connectivity index (χ0v) is 22.7. The molecule has 0 saturated heterocycles. The third kappa shape index (κ3) is 3.58. The molecule has 3 atom stereocenters. The molecule has 2 N–H and O–H groups in total. The monoisotopic (exact) mass is 594 g/mol. The maximum atomic E-state index is 3.88. The van der Waals surface area contributed by atoms with E-state index in [0.29, 0.717) is 11.8 Å². The van der Waals surface area contributed by atoms with Gasteiger partial charge < -0.3 is 9.97 Å². The number of fused-ring (bicyclic) bond motifs is 4. The fraction of sp³-hybridized carbons (Fsp3) is 0.125. The maximum Gasteiger partial charge on any atom is 0.0459 e. The number of rotatable bonds is 4. The lowest BCUT2D eigenvalue weighted by molar-refractivity contribution is 0.536. The van der Waals surface area contributed by atoms with Gasteiger partial charge in [-0.3, -0.25) is 0 Å². The number of para-hydroxylation sites is 2. The Labute approximate surface area is 227 Å². The van der Waals surface area contributed by atoms with Gasteiger partial charge in [-0.2, -0.15) is 0 Å². The summed E-state index contributed by atoms with van der Waals surface area (Å²) >= 11 is 7.27. The average Bonchev–Trinajstić information content (AvgIpc) is 3.57. The number of nitrogens with one attached hydrogen (secondary N) is 2. The Balaban J connectivity index is 1.49. The van der Waals surface area contributed by atoms with Crippen molar-refractivity contribution in [2.24, 2.45) is 0 Å². The highest BCUT2D eigenvalue weighted by atomic mass is 79.9. The van der Waals surface area contributed by atoms with Crippen LogP contribution in [0, 0.1) is 0 Å². The number of hydrogen-bond donors (Lipinski definition) is 2. The molecule has 1 aliphatic rings. The Hall–Kier alpha value is -3.08. The summed E-state index contributed by atoms with van der Waals surface area (Å²) in [5, 5.41) is 2.65. The van der Waals surface area contributed by atoms with E-state index in [0.717, 1.165) is 15.4 Å². The predicted molar refractivity (Wildman–Crippen MR) is 156 cm³/mol. The molecule has 36 heavy (non-hydrogen) atoms. The van der Waals surface area contributed by atoms with Crippen LogP contribution in [-0.4, -0.2) is 9.97 Å². The lowest BCUT2D eigenvalue weighted by atomic mass is 9.76. The van der Waals surface area contributed by atoms with Gasteiger partial charge in [-0.25, -0.2) is 0 Å². The maximum absolute atomic E-state index is 3.88. The first-order chi connectivity index (χ1) is 17.7. The van der Waals surface area contributed by atoms with Crippen LogP contribution in [0.15, 0.2) is 112 Å². The van der Waals surface area contributed by atoms with Crippen LogP contribution in [-0.2, 0) is 6.42 Å². The molecule has 0 spiro atoms. The summed E-state index contributed by atoms with van der Waals surface area (Å²) in [6.45, 7) is 0. The highest BCUT2D eigenvalue weighted by Crippen LogP contribution is 2.58. The predicted octanol–water partition coefficient (Wildman–Crippen LogP) is 9.43. The second kappa shape index (κ2) is 8.79. The van der Waals surface area contributed by atoms with Crippen molar-refractivity contribution in [1.82, 2.24) is 9.97 Å². The van der Waals surface area contributed by atoms with E-state index >= 15 is 0 Å². The van der Waals surface area contributed by atoms with Crippen molar-refractivity contribution in [3.63, 3.8) is 0 Å². The molecule has 2 aromatic heterocycles. The molecule has 0 radical (unpaired) electrons. The molecule has 0 unspecified atom stereocenters. The van der Waals surface area contributed by atoms with Crippen LogP contribution < -0.4 is 0 Å². The van der Waals surface area contributed by atoms with E-state index in [1.165, 1.54) is 49.8 Å². The van der Waals surface area contributed by atoms with Crippen LogP contribution in [0.3, 0.4) is 0 Å². The van der Waals surface area contributed by atoms with Gasteiger partial charge >= 0.3 is 0 Å². The molecule has 2 nitrogen and oxygen atoms in total. The third-order valence-electron chi connectivity index (χ3n) is 7.83. The van der Waals surface area contributed by atoms with E-state index in [4.69, 9.17) is 0 Å². The van der Waals surface area contributed by atoms with Crippen LogP contribution in [0.25, 0.3) is 21.8 Å². The number of aromatic nitrogens is 2. The highest BCUT2D eigenvalue weighted by Gasteiger charge is 2.45. The highest BCUT2D eigenvalue weighted by molar-refractivity contribution is 9.10. The minimum atomic E-state index is 0.227. The third-order valence-corrected chi connectivity index (χ3v) is 8.89. The Morgan fingerprint density at radius 1 is 0.667 bits per heavy atom. The zero-order valence-electron chi connectivity index (χ0n) is 19.5. The smallest absolute Gasteiger partial charge is 0.0459 e. The standard InChI is InChI=1S/C32H24Br2N2/c33-21-13-9-19(10-14-21)17-25-29(20-11-15-22(34)16-12-20)31(26-18-35-27-7-3-1-5-23(26)27)32-30(25)24-6-2-4-8-28(24)36-32/h1-16,18,25,29,31,35-36H,17H2/t25-,29-,31-/m0/s1. The van der Waals surface area contributed by atoms with Crippen LogP contribution in [0.4, 0.5) is 0 Å². The van der Waals surface area contributed by atoms with Gasteiger partial charge in [-0.1, -0.05) is 92.5 Å². The zero-order chi connectivity index (χ0) is 24.2. The topological polar surface area (TPSA) is 31.6 Å². The Kier molecular flexibility index (Phi) is 5.41. The van der Waals surface area contributed by atoms with Gasteiger partial charge in [0.1, 0.15) is 0 Å². The first-order valence-electron chi connectivity index (χ1n) is 12.3. The number of benzene rings is 4. The summed E-state index contributed by atoms with van der Waals surface area (Å²) in [4.78, 5) is 7.44. The Morgan fingerprint density at radius 3 is 2.06 bits per heavy atom. The quantitative estimate of drug-likeness (QED) is 0.203. The van der Waals surface area contributed by atoms with E-state index in [-0.39, 0.29) is 5.92 Å². The summed E-state index contributed by atoms with van der Waals surface area (Å²) in [7, 11) is 0. The van der Waals surface area contributed by atoms with Gasteiger partial charge in [-0.05, 0) is 71.0 Å². The number of aromatic amines is 2. The molecule has 176 valence electrons. The fourth-order valence-electron chi connectivity index (χ4n) is 6.33. The van der Waals surface area contributed by atoms with Gasteiger partial charge in [0.05, 0.1) is 0 Å². The van der Waals surface area contributed by atoms with E-state index in [2.05, 4.69) is 145 Å². The second-order valence-corrected chi connectivity index (χ2v) is 11.6. The fourth-order valence-corrected chi connectivity index (χ4v) is 6.86. The lowest BCUT2D eigenvalue weighted by Crippen LogP contribution is -2.15. The van der Waals surface area contributed by atoms with Crippen LogP contribution in [0.5, 0.6) is 0 Å². The summed E-state index contributed by atoms with van der Waals surface area (Å²) in [5.74, 6) is 0.883. The summed E-state index contributed by atoms with van der Waals surface area (Å²) in [6.07, 6.45) is 3.22. The minimum absolute atomic E-state index is 0.227. The van der Waals surface area contributed by atoms with Crippen molar-refractivity contribution < 1.29 is 0 Å². The first-order valence-corrected chi connectivity index (χ1v) is 13.9. The minimum Gasteiger partial charge on any atom is -0.361 e. The van der Waals surface area contributed by atoms with Crippen molar-refractivity contribution >= 4 is 53.7 Å². The molecule has 1 aliphatic carbocycles. The van der Waals surface area contributed by atoms with Crippen LogP contribution in [0.1, 0.15) is 45.7 Å². The van der Waals surface area contributed by atoms with Crippen LogP contribution >= 0.6 is 31.9 Å². The molecule has 7 rings (SSSR count). The lowest BCUT2D eigenvalue weighted by Gasteiger charge is -2.27. The number of halogens is 2. The van der Waals surface area contributed by atoms with Gasteiger partial charge in [0.15, 0.2) is 0 Å². The number of hydrogen-bond acceptors (Lipinski definition) is 0. The van der Waals surface area contributed by atoms with Gasteiger partial charge in [0.25, 0.3) is 0 Å².